The minimum atomic E-state index is -1.02. The lowest BCUT2D eigenvalue weighted by atomic mass is 9.98. The van der Waals surface area contributed by atoms with Crippen LogP contribution in [0.1, 0.15) is 33.7 Å². The van der Waals surface area contributed by atoms with Gasteiger partial charge in [0.1, 0.15) is 5.76 Å². The highest BCUT2D eigenvalue weighted by molar-refractivity contribution is 6.01. The van der Waals surface area contributed by atoms with E-state index in [9.17, 15) is 9.59 Å². The van der Waals surface area contributed by atoms with Gasteiger partial charge >= 0.3 is 5.97 Å². The van der Waals surface area contributed by atoms with Gasteiger partial charge in [-0.15, -0.1) is 0 Å². The van der Waals surface area contributed by atoms with Crippen molar-refractivity contribution in [1.29, 1.82) is 0 Å². The van der Waals surface area contributed by atoms with Gasteiger partial charge in [-0.1, -0.05) is 12.1 Å². The number of hydrogen-bond donors (Lipinski definition) is 2. The fourth-order valence-corrected chi connectivity index (χ4v) is 2.17. The Morgan fingerprint density at radius 1 is 1.23 bits per heavy atom. The van der Waals surface area contributed by atoms with Crippen LogP contribution in [0.5, 0.6) is 0 Å². The lowest BCUT2D eigenvalue weighted by Crippen LogP contribution is -2.38. The number of carboxylic acids is 1. The Hall–Kier alpha value is -2.40. The fraction of sp³-hybridized carbons (Fsp3) is 0.294. The van der Waals surface area contributed by atoms with E-state index in [1.165, 1.54) is 6.26 Å². The second-order valence-electron chi connectivity index (χ2n) is 5.27. The van der Waals surface area contributed by atoms with Gasteiger partial charge in [0.25, 0.3) is 0 Å². The van der Waals surface area contributed by atoms with Gasteiger partial charge in [0, 0.05) is 5.56 Å². The van der Waals surface area contributed by atoms with Crippen LogP contribution in [0.15, 0.2) is 41.0 Å². The van der Waals surface area contributed by atoms with Gasteiger partial charge in [0.2, 0.25) is 0 Å². The van der Waals surface area contributed by atoms with Crippen LogP contribution in [0.25, 0.3) is 0 Å². The van der Waals surface area contributed by atoms with Crippen LogP contribution in [-0.4, -0.2) is 22.9 Å². The van der Waals surface area contributed by atoms with Crippen LogP contribution in [-0.2, 0) is 11.3 Å². The first-order valence-corrected chi connectivity index (χ1v) is 7.06. The number of carbonyl (C=O) groups is 2. The Balaban J connectivity index is 2.14. The maximum absolute atomic E-state index is 12.5. The van der Waals surface area contributed by atoms with Gasteiger partial charge < -0.3 is 9.52 Å². The molecule has 2 rings (SSSR count). The van der Waals surface area contributed by atoms with Crippen molar-refractivity contribution in [2.45, 2.75) is 32.9 Å². The molecule has 0 aliphatic rings. The average molecular weight is 301 g/mol. The van der Waals surface area contributed by atoms with E-state index in [0.717, 1.165) is 11.1 Å². The van der Waals surface area contributed by atoms with Crippen LogP contribution in [0, 0.1) is 13.8 Å². The Morgan fingerprint density at radius 3 is 2.59 bits per heavy atom. The molecule has 5 heteroatoms. The molecule has 1 aromatic carbocycles. The Kier molecular flexibility index (Phi) is 5.12. The molecule has 0 spiro atoms. The summed E-state index contributed by atoms with van der Waals surface area (Å²) in [6.07, 6.45) is 1.26. The van der Waals surface area contributed by atoms with Crippen LogP contribution in [0.3, 0.4) is 0 Å². The molecular weight excluding hydrogens is 282 g/mol. The largest absolute Gasteiger partial charge is 0.481 e. The molecule has 0 saturated heterocycles. The van der Waals surface area contributed by atoms with Crippen LogP contribution >= 0.6 is 0 Å². The average Bonchev–Trinajstić information content (AvgIpc) is 2.98. The molecule has 2 N–H and O–H groups in total. The number of Topliss-reactive ketones (excluding diaryl/α,β-unsaturated/α-hetero) is 1. The van der Waals surface area contributed by atoms with E-state index in [2.05, 4.69) is 5.32 Å². The number of ketones is 1. The first-order valence-electron chi connectivity index (χ1n) is 7.06. The third-order valence-electron chi connectivity index (χ3n) is 3.59. The summed E-state index contributed by atoms with van der Waals surface area (Å²) in [5.41, 5.74) is 2.61. The van der Waals surface area contributed by atoms with Crippen molar-refractivity contribution >= 4 is 11.8 Å². The van der Waals surface area contributed by atoms with E-state index >= 15 is 0 Å². The number of benzene rings is 1. The molecule has 1 heterocycles. The predicted octanol–water partition coefficient (Wildman–Crippen LogP) is 2.71. The minimum absolute atomic E-state index is 0.225. The zero-order valence-corrected chi connectivity index (χ0v) is 12.6. The summed E-state index contributed by atoms with van der Waals surface area (Å²) < 4.78 is 5.19. The first kappa shape index (κ1) is 16.0. The number of furan rings is 1. The standard InChI is InChI=1S/C17H19NO4/c1-11-5-6-13(8-12(11)2)17(21)15(9-16(19)20)18-10-14-4-3-7-22-14/h3-8,15,18H,9-10H2,1-2H3,(H,19,20). The maximum atomic E-state index is 12.5. The topological polar surface area (TPSA) is 79.5 Å². The van der Waals surface area contributed by atoms with Crippen LogP contribution in [0.2, 0.25) is 0 Å². The van der Waals surface area contributed by atoms with Crippen molar-refractivity contribution in [3.8, 4) is 0 Å². The highest BCUT2D eigenvalue weighted by atomic mass is 16.4. The van der Waals surface area contributed by atoms with Crippen LogP contribution in [0.4, 0.5) is 0 Å². The third kappa shape index (κ3) is 4.05. The number of aliphatic carboxylic acids is 1. The Labute approximate surface area is 129 Å². The van der Waals surface area contributed by atoms with Crippen molar-refractivity contribution in [3.05, 3.63) is 59.0 Å². The summed E-state index contributed by atoms with van der Waals surface area (Å²) in [6.45, 7) is 4.20. The Bertz CT molecular complexity index is 661. The monoisotopic (exact) mass is 301 g/mol. The van der Waals surface area contributed by atoms with E-state index < -0.39 is 12.0 Å². The number of rotatable bonds is 7. The van der Waals surface area contributed by atoms with Crippen LogP contribution < -0.4 is 5.32 Å². The zero-order chi connectivity index (χ0) is 16.1. The fourth-order valence-electron chi connectivity index (χ4n) is 2.17. The van der Waals surface area contributed by atoms with E-state index in [1.54, 1.807) is 24.3 Å². The van der Waals surface area contributed by atoms with Crippen molar-refractivity contribution < 1.29 is 19.1 Å². The minimum Gasteiger partial charge on any atom is -0.481 e. The van der Waals surface area contributed by atoms with Gasteiger partial charge in [-0.05, 0) is 43.2 Å². The SMILES string of the molecule is Cc1ccc(C(=O)C(CC(=O)O)NCc2ccco2)cc1C. The smallest absolute Gasteiger partial charge is 0.305 e. The zero-order valence-electron chi connectivity index (χ0n) is 12.6. The van der Waals surface area contributed by atoms with Crippen molar-refractivity contribution in [3.63, 3.8) is 0 Å². The highest BCUT2D eigenvalue weighted by Crippen LogP contribution is 2.13. The number of nitrogens with one attached hydrogen (secondary N) is 1. The summed E-state index contributed by atoms with van der Waals surface area (Å²) in [5, 5.41) is 12.0. The van der Waals surface area contributed by atoms with E-state index in [4.69, 9.17) is 9.52 Å². The number of carboxylic acid groups (broad SMARTS) is 1. The second-order valence-corrected chi connectivity index (χ2v) is 5.27. The second kappa shape index (κ2) is 7.04. The molecule has 22 heavy (non-hydrogen) atoms. The van der Waals surface area contributed by atoms with E-state index in [-0.39, 0.29) is 12.2 Å². The van der Waals surface area contributed by atoms with Crippen molar-refractivity contribution in [1.82, 2.24) is 5.32 Å². The molecule has 1 aromatic heterocycles. The molecule has 0 aliphatic carbocycles. The van der Waals surface area contributed by atoms with Gasteiger partial charge in [0.05, 0.1) is 25.3 Å². The summed E-state index contributed by atoms with van der Waals surface area (Å²) in [4.78, 5) is 23.6. The van der Waals surface area contributed by atoms with Gasteiger partial charge in [0.15, 0.2) is 5.78 Å². The third-order valence-corrected chi connectivity index (χ3v) is 3.59. The maximum Gasteiger partial charge on any atom is 0.305 e. The Morgan fingerprint density at radius 2 is 2.00 bits per heavy atom. The molecule has 1 atom stereocenters. The number of aryl methyl sites for hydroxylation is 2. The lowest BCUT2D eigenvalue weighted by Gasteiger charge is -2.16. The van der Waals surface area contributed by atoms with E-state index in [0.29, 0.717) is 17.9 Å². The van der Waals surface area contributed by atoms with Crippen molar-refractivity contribution in [2.75, 3.05) is 0 Å². The molecule has 0 aliphatic heterocycles. The molecule has 1 unspecified atom stereocenters. The molecular formula is C17H19NO4. The number of carbonyl (C=O) groups excluding carboxylic acids is 1. The highest BCUT2D eigenvalue weighted by Gasteiger charge is 2.23. The first-order chi connectivity index (χ1) is 10.5. The molecule has 5 nitrogen and oxygen atoms in total. The number of hydrogen-bond acceptors (Lipinski definition) is 4. The molecule has 0 saturated carbocycles. The molecule has 0 fully saturated rings. The summed E-state index contributed by atoms with van der Waals surface area (Å²) in [6, 6.07) is 8.12. The summed E-state index contributed by atoms with van der Waals surface area (Å²) >= 11 is 0. The van der Waals surface area contributed by atoms with E-state index in [1.807, 2.05) is 19.9 Å². The van der Waals surface area contributed by atoms with Crippen molar-refractivity contribution in [2.24, 2.45) is 0 Å². The molecule has 116 valence electrons. The summed E-state index contributed by atoms with van der Waals surface area (Å²) in [7, 11) is 0. The van der Waals surface area contributed by atoms with Gasteiger partial charge in [-0.25, -0.2) is 0 Å². The quantitative estimate of drug-likeness (QED) is 0.769. The predicted molar refractivity (Wildman–Crippen MR) is 81.8 cm³/mol. The van der Waals surface area contributed by atoms with Gasteiger partial charge in [-0.2, -0.15) is 0 Å². The van der Waals surface area contributed by atoms with Gasteiger partial charge in [-0.3, -0.25) is 14.9 Å². The summed E-state index contributed by atoms with van der Waals surface area (Å²) in [5.74, 6) is -0.588. The lowest BCUT2D eigenvalue weighted by molar-refractivity contribution is -0.137. The molecule has 2 aromatic rings. The molecule has 0 radical (unpaired) electrons. The molecule has 0 amide bonds. The molecule has 0 bridgehead atoms. The normalized spacial score (nSPS) is 12.1.